The molecule has 3 aromatic rings. The van der Waals surface area contributed by atoms with E-state index in [0.717, 1.165) is 22.1 Å². The molecule has 6 nitrogen and oxygen atoms in total. The summed E-state index contributed by atoms with van der Waals surface area (Å²) in [5, 5.41) is 6.01. The monoisotopic (exact) mass is 401 g/mol. The van der Waals surface area contributed by atoms with E-state index in [1.807, 2.05) is 35.7 Å². The lowest BCUT2D eigenvalue weighted by atomic mass is 10.2. The van der Waals surface area contributed by atoms with E-state index >= 15 is 0 Å². The quantitative estimate of drug-likeness (QED) is 0.708. The van der Waals surface area contributed by atoms with Crippen LogP contribution in [0.5, 0.6) is 0 Å². The molecule has 2 heterocycles. The highest BCUT2D eigenvalue weighted by Crippen LogP contribution is 2.28. The fourth-order valence-corrected chi connectivity index (χ4v) is 4.99. The summed E-state index contributed by atoms with van der Waals surface area (Å²) in [5.74, 6) is 0. The molecule has 0 amide bonds. The molecule has 0 bridgehead atoms. The van der Waals surface area contributed by atoms with Gasteiger partial charge in [-0.25, -0.2) is 13.4 Å². The van der Waals surface area contributed by atoms with Gasteiger partial charge in [0.25, 0.3) is 0 Å². The molecule has 1 saturated heterocycles. The summed E-state index contributed by atoms with van der Waals surface area (Å²) >= 11 is 1.51. The van der Waals surface area contributed by atoms with Crippen molar-refractivity contribution in [3.63, 3.8) is 0 Å². The summed E-state index contributed by atoms with van der Waals surface area (Å²) in [7, 11) is -3.47. The first-order valence-electron chi connectivity index (χ1n) is 8.59. The van der Waals surface area contributed by atoms with Crippen molar-refractivity contribution >= 4 is 32.2 Å². The van der Waals surface area contributed by atoms with E-state index in [4.69, 9.17) is 4.74 Å². The predicted molar refractivity (Wildman–Crippen MR) is 107 cm³/mol. The number of hydrogen-bond donors (Lipinski definition) is 1. The van der Waals surface area contributed by atoms with Gasteiger partial charge in [0.05, 0.1) is 23.8 Å². The number of hydrogen-bond acceptors (Lipinski definition) is 6. The molecule has 8 heteroatoms. The van der Waals surface area contributed by atoms with Crippen LogP contribution < -0.4 is 5.32 Å². The molecule has 0 radical (unpaired) electrons. The molecule has 0 spiro atoms. The summed E-state index contributed by atoms with van der Waals surface area (Å²) in [6, 6.07) is 16.7. The van der Waals surface area contributed by atoms with Gasteiger partial charge in [0, 0.05) is 29.7 Å². The number of thiazole rings is 1. The van der Waals surface area contributed by atoms with Gasteiger partial charge in [-0.1, -0.05) is 30.3 Å². The van der Waals surface area contributed by atoms with Gasteiger partial charge in [0.2, 0.25) is 10.0 Å². The normalized spacial score (nSPS) is 15.6. The molecule has 1 N–H and O–H groups in total. The number of benzene rings is 2. The van der Waals surface area contributed by atoms with Gasteiger partial charge >= 0.3 is 0 Å². The first kappa shape index (κ1) is 18.1. The summed E-state index contributed by atoms with van der Waals surface area (Å²) < 4.78 is 32.1. The zero-order valence-corrected chi connectivity index (χ0v) is 16.2. The molecule has 1 fully saturated rings. The first-order chi connectivity index (χ1) is 13.1. The zero-order valence-electron chi connectivity index (χ0n) is 14.5. The highest BCUT2D eigenvalue weighted by atomic mass is 32.2. The van der Waals surface area contributed by atoms with Crippen LogP contribution in [0.1, 0.15) is 0 Å². The van der Waals surface area contributed by atoms with E-state index in [-0.39, 0.29) is 0 Å². The van der Waals surface area contributed by atoms with Crippen molar-refractivity contribution < 1.29 is 13.2 Å². The number of aromatic nitrogens is 1. The maximum absolute atomic E-state index is 12.7. The van der Waals surface area contributed by atoms with Crippen LogP contribution in [0.2, 0.25) is 0 Å². The van der Waals surface area contributed by atoms with E-state index < -0.39 is 10.0 Å². The second-order valence-corrected chi connectivity index (χ2v) is 8.87. The average molecular weight is 402 g/mol. The highest BCUT2D eigenvalue weighted by Gasteiger charge is 2.26. The van der Waals surface area contributed by atoms with Crippen molar-refractivity contribution in [2.45, 2.75) is 4.90 Å². The van der Waals surface area contributed by atoms with Gasteiger partial charge in [-0.15, -0.1) is 11.3 Å². The van der Waals surface area contributed by atoms with Crippen molar-refractivity contribution in [1.29, 1.82) is 0 Å². The Kier molecular flexibility index (Phi) is 5.22. The van der Waals surface area contributed by atoms with Crippen molar-refractivity contribution in [2.24, 2.45) is 0 Å². The first-order valence-corrected chi connectivity index (χ1v) is 10.9. The van der Waals surface area contributed by atoms with Gasteiger partial charge < -0.3 is 10.1 Å². The minimum Gasteiger partial charge on any atom is -0.379 e. The molecule has 2 aromatic carbocycles. The Morgan fingerprint density at radius 1 is 1.00 bits per heavy atom. The van der Waals surface area contributed by atoms with E-state index in [9.17, 15) is 8.42 Å². The Morgan fingerprint density at radius 2 is 1.70 bits per heavy atom. The second kappa shape index (κ2) is 7.77. The largest absolute Gasteiger partial charge is 0.379 e. The number of morpholine rings is 1. The average Bonchev–Trinajstić information content (AvgIpc) is 3.18. The number of para-hydroxylation sites is 1. The zero-order chi connectivity index (χ0) is 18.7. The highest BCUT2D eigenvalue weighted by molar-refractivity contribution is 7.89. The Bertz CT molecular complexity index is 996. The van der Waals surface area contributed by atoms with Crippen molar-refractivity contribution in [1.82, 2.24) is 9.29 Å². The van der Waals surface area contributed by atoms with Crippen molar-refractivity contribution in [2.75, 3.05) is 31.6 Å². The molecule has 140 valence electrons. The third-order valence-electron chi connectivity index (χ3n) is 4.29. The minimum absolute atomic E-state index is 0.297. The van der Waals surface area contributed by atoms with Gasteiger partial charge in [-0.05, 0) is 24.3 Å². The standard InChI is InChI=1S/C19H19N3O3S2/c23-27(24,22-10-12-25-13-11-22)17-8-6-15(7-9-17)18-14-26-19(21-18)20-16-4-2-1-3-5-16/h1-9,14H,10-13H2,(H,20,21). The van der Waals surface area contributed by atoms with E-state index in [0.29, 0.717) is 31.2 Å². The number of rotatable bonds is 5. The predicted octanol–water partition coefficient (Wildman–Crippen LogP) is 3.57. The second-order valence-electron chi connectivity index (χ2n) is 6.07. The summed E-state index contributed by atoms with van der Waals surface area (Å²) in [6.07, 6.45) is 0. The molecule has 1 aromatic heterocycles. The molecular formula is C19H19N3O3S2. The number of nitrogens with zero attached hydrogens (tertiary/aromatic N) is 2. The lowest BCUT2D eigenvalue weighted by Crippen LogP contribution is -2.40. The Morgan fingerprint density at radius 3 is 2.41 bits per heavy atom. The molecule has 0 atom stereocenters. The number of anilines is 2. The van der Waals surface area contributed by atoms with E-state index in [1.165, 1.54) is 15.6 Å². The van der Waals surface area contributed by atoms with Crippen LogP contribution in [-0.2, 0) is 14.8 Å². The van der Waals surface area contributed by atoms with Crippen LogP contribution in [0.25, 0.3) is 11.3 Å². The van der Waals surface area contributed by atoms with Gasteiger partial charge in [0.15, 0.2) is 5.13 Å². The van der Waals surface area contributed by atoms with Gasteiger partial charge in [-0.3, -0.25) is 0 Å². The van der Waals surface area contributed by atoms with Crippen LogP contribution in [-0.4, -0.2) is 44.0 Å². The number of ether oxygens (including phenoxy) is 1. The molecule has 0 unspecified atom stereocenters. The summed E-state index contributed by atoms with van der Waals surface area (Å²) in [5.41, 5.74) is 2.67. The molecule has 0 aliphatic carbocycles. The van der Waals surface area contributed by atoms with Crippen LogP contribution in [0, 0.1) is 0 Å². The van der Waals surface area contributed by atoms with E-state index in [1.54, 1.807) is 24.3 Å². The fraction of sp³-hybridized carbons (Fsp3) is 0.211. The van der Waals surface area contributed by atoms with Crippen LogP contribution in [0.3, 0.4) is 0 Å². The molecule has 1 aliphatic heterocycles. The van der Waals surface area contributed by atoms with Gasteiger partial charge in [-0.2, -0.15) is 4.31 Å². The lowest BCUT2D eigenvalue weighted by molar-refractivity contribution is 0.0730. The Labute approximate surface area is 162 Å². The maximum Gasteiger partial charge on any atom is 0.243 e. The summed E-state index contributed by atoms with van der Waals surface area (Å²) in [6.45, 7) is 1.66. The minimum atomic E-state index is -3.47. The van der Waals surface area contributed by atoms with E-state index in [2.05, 4.69) is 10.3 Å². The molecule has 4 rings (SSSR count). The van der Waals surface area contributed by atoms with Crippen LogP contribution in [0.4, 0.5) is 10.8 Å². The van der Waals surface area contributed by atoms with Crippen LogP contribution >= 0.6 is 11.3 Å². The molecule has 27 heavy (non-hydrogen) atoms. The molecule has 1 aliphatic rings. The Balaban J connectivity index is 1.51. The van der Waals surface area contributed by atoms with Gasteiger partial charge in [0.1, 0.15) is 0 Å². The Hall–Kier alpha value is -2.26. The molecule has 0 saturated carbocycles. The summed E-state index contributed by atoms with van der Waals surface area (Å²) in [4.78, 5) is 4.89. The number of nitrogens with one attached hydrogen (secondary N) is 1. The van der Waals surface area contributed by atoms with Crippen LogP contribution in [0.15, 0.2) is 64.9 Å². The third-order valence-corrected chi connectivity index (χ3v) is 6.96. The van der Waals surface area contributed by atoms with Crippen molar-refractivity contribution in [3.8, 4) is 11.3 Å². The third kappa shape index (κ3) is 4.03. The lowest BCUT2D eigenvalue weighted by Gasteiger charge is -2.26. The topological polar surface area (TPSA) is 71.5 Å². The number of sulfonamides is 1. The smallest absolute Gasteiger partial charge is 0.243 e. The fourth-order valence-electron chi connectivity index (χ4n) is 2.84. The molecular weight excluding hydrogens is 382 g/mol. The SMILES string of the molecule is O=S(=O)(c1ccc(-c2csc(Nc3ccccc3)n2)cc1)N1CCOCC1. The van der Waals surface area contributed by atoms with Crippen molar-refractivity contribution in [3.05, 3.63) is 60.0 Å². The maximum atomic E-state index is 12.7.